The number of quaternary nitrogens is 1. The lowest BCUT2D eigenvalue weighted by molar-refractivity contribution is -0.870. The van der Waals surface area contributed by atoms with E-state index in [1.807, 2.05) is 21.1 Å². The molecule has 0 rings (SSSR count). The highest BCUT2D eigenvalue weighted by Gasteiger charge is 2.22. The van der Waals surface area contributed by atoms with Crippen molar-refractivity contribution in [3.63, 3.8) is 0 Å². The van der Waals surface area contributed by atoms with Crippen LogP contribution in [-0.4, -0.2) is 82.3 Å². The fraction of sp³-hybridized carbons (Fsp3) is 0.653. The van der Waals surface area contributed by atoms with Crippen molar-refractivity contribution in [2.24, 2.45) is 0 Å². The number of hydrogen-bond acceptors (Lipinski definition) is 8. The second-order valence-electron chi connectivity index (χ2n) is 22.3. The molecule has 0 aliphatic heterocycles. The van der Waals surface area contributed by atoms with Crippen LogP contribution in [0.2, 0.25) is 0 Å². The van der Waals surface area contributed by atoms with E-state index >= 15 is 0 Å². The molecule has 2 atom stereocenters. The van der Waals surface area contributed by atoms with Crippen molar-refractivity contribution in [2.45, 2.75) is 257 Å². The number of hydrogen-bond donors (Lipinski definition) is 0. The minimum absolute atomic E-state index is 0.140. The SMILES string of the molecule is CC/C=C\C/C=C\C/C=C\C/C=C\C/C=C\C/C=C\C/C=C\C/C=C\CCCCCCCCCCCCCCCCC(=O)OC(COC(=O)CCCCCCCCC/C=C\C/C=C\C/C=C\CC)COC(OCC[N+](C)(C)C)C(=O)[O-]. The van der Waals surface area contributed by atoms with Crippen LogP contribution in [0.1, 0.15) is 245 Å². The van der Waals surface area contributed by atoms with E-state index < -0.39 is 24.3 Å². The lowest BCUT2D eigenvalue weighted by Crippen LogP contribution is -2.44. The maximum Gasteiger partial charge on any atom is 0.306 e. The molecule has 0 aromatic carbocycles. The molecule has 9 nitrogen and oxygen atoms in total. The van der Waals surface area contributed by atoms with Gasteiger partial charge in [-0.3, -0.25) is 9.59 Å². The molecule has 0 N–H and O–H groups in total. The van der Waals surface area contributed by atoms with Gasteiger partial charge in [0.15, 0.2) is 12.4 Å². The predicted octanol–water partition coefficient (Wildman–Crippen LogP) is 18.5. The van der Waals surface area contributed by atoms with Crippen LogP contribution in [0.5, 0.6) is 0 Å². The minimum atomic E-state index is -1.63. The van der Waals surface area contributed by atoms with Crippen LogP contribution in [0.25, 0.3) is 0 Å². The second kappa shape index (κ2) is 61.5. The van der Waals surface area contributed by atoms with Crippen LogP contribution in [0.3, 0.4) is 0 Å². The summed E-state index contributed by atoms with van der Waals surface area (Å²) in [5.41, 5.74) is 0. The summed E-state index contributed by atoms with van der Waals surface area (Å²) in [4.78, 5) is 37.3. The molecule has 9 heteroatoms. The third-order valence-corrected chi connectivity index (χ3v) is 13.4. The van der Waals surface area contributed by atoms with Crippen molar-refractivity contribution in [3.8, 4) is 0 Å². The Kier molecular flexibility index (Phi) is 58.0. The van der Waals surface area contributed by atoms with Gasteiger partial charge in [-0.05, 0) is 109 Å². The Hall–Kier alpha value is -4.57. The highest BCUT2D eigenvalue weighted by molar-refractivity contribution is 5.70. The average Bonchev–Trinajstić information content (AvgIpc) is 3.44. The van der Waals surface area contributed by atoms with Crippen LogP contribution in [0, 0.1) is 0 Å². The smallest absolute Gasteiger partial charge is 0.306 e. The maximum absolute atomic E-state index is 12.9. The summed E-state index contributed by atoms with van der Waals surface area (Å²) in [5, 5.41) is 11.8. The van der Waals surface area contributed by atoms with E-state index in [2.05, 4.69) is 148 Å². The van der Waals surface area contributed by atoms with E-state index in [-0.39, 0.29) is 38.6 Å². The van der Waals surface area contributed by atoms with Gasteiger partial charge in [0, 0.05) is 12.8 Å². The number of carbonyl (C=O) groups excluding carboxylic acids is 3. The standard InChI is InChI=1S/C72H119NO8/c1-6-8-10-12-14-16-18-20-22-24-25-26-27-28-29-30-31-32-33-34-35-36-37-38-39-40-41-42-43-44-45-47-49-51-53-55-57-59-61-63-70(75)81-68(67-80-72(71(76)77)78-65-64-73(3,4)5)66-79-69(74)62-60-58-56-54-52-50-48-46-23-21-19-17-15-13-11-9-7-2/h8-11,14-17,20-23,25-26,28-29,31-32,34-35,37-38,68,72H,6-7,12-13,18-19,24,27,30,33,36,39-67H2,1-5H3/b10-8-,11-9-,16-14-,17-15-,22-20-,23-21-,26-25-,29-28-,32-31-,35-34-,38-37-. The Morgan fingerprint density at radius 3 is 0.988 bits per heavy atom. The number of nitrogens with zero attached hydrogens (tertiary/aromatic N) is 1. The van der Waals surface area contributed by atoms with Gasteiger partial charge in [0.25, 0.3) is 0 Å². The first-order chi connectivity index (χ1) is 39.6. The summed E-state index contributed by atoms with van der Waals surface area (Å²) in [6, 6.07) is 0. The maximum atomic E-state index is 12.9. The summed E-state index contributed by atoms with van der Waals surface area (Å²) >= 11 is 0. The summed E-state index contributed by atoms with van der Waals surface area (Å²) in [6.45, 7) is 4.50. The minimum Gasteiger partial charge on any atom is -0.545 e. The number of carboxylic acid groups (broad SMARTS) is 1. The highest BCUT2D eigenvalue weighted by Crippen LogP contribution is 2.16. The van der Waals surface area contributed by atoms with E-state index in [9.17, 15) is 19.5 Å². The predicted molar refractivity (Wildman–Crippen MR) is 343 cm³/mol. The van der Waals surface area contributed by atoms with E-state index in [1.165, 1.54) is 89.9 Å². The largest absolute Gasteiger partial charge is 0.545 e. The van der Waals surface area contributed by atoms with Gasteiger partial charge < -0.3 is 33.3 Å². The molecule has 81 heavy (non-hydrogen) atoms. The van der Waals surface area contributed by atoms with Crippen molar-refractivity contribution in [1.29, 1.82) is 0 Å². The third kappa shape index (κ3) is 62.9. The van der Waals surface area contributed by atoms with Crippen LogP contribution < -0.4 is 5.11 Å². The van der Waals surface area contributed by atoms with Crippen LogP contribution in [-0.2, 0) is 33.3 Å². The van der Waals surface area contributed by atoms with E-state index in [0.29, 0.717) is 17.4 Å². The number of unbranched alkanes of at least 4 members (excludes halogenated alkanes) is 21. The van der Waals surface area contributed by atoms with Gasteiger partial charge in [-0.25, -0.2) is 0 Å². The number of carbonyl (C=O) groups is 3. The summed E-state index contributed by atoms with van der Waals surface area (Å²) < 4.78 is 22.7. The Balaban J connectivity index is 4.11. The fourth-order valence-electron chi connectivity index (χ4n) is 8.51. The fourth-order valence-corrected chi connectivity index (χ4v) is 8.51. The highest BCUT2D eigenvalue weighted by atomic mass is 16.7. The molecule has 0 amide bonds. The molecule has 0 saturated heterocycles. The molecular formula is C72H119NO8. The monoisotopic (exact) mass is 1130 g/mol. The molecule has 0 saturated carbocycles. The second-order valence-corrected chi connectivity index (χ2v) is 22.3. The van der Waals surface area contributed by atoms with Crippen molar-refractivity contribution in [2.75, 3.05) is 47.5 Å². The van der Waals surface area contributed by atoms with Gasteiger partial charge >= 0.3 is 11.9 Å². The van der Waals surface area contributed by atoms with Crippen LogP contribution in [0.15, 0.2) is 134 Å². The first-order valence-electron chi connectivity index (χ1n) is 32.3. The van der Waals surface area contributed by atoms with Gasteiger partial charge in [-0.2, -0.15) is 0 Å². The lowest BCUT2D eigenvalue weighted by atomic mass is 10.0. The molecule has 0 spiro atoms. The number of rotatable bonds is 58. The number of likely N-dealkylation sites (N-methyl/N-ethyl adjacent to an activating group) is 1. The third-order valence-electron chi connectivity index (χ3n) is 13.4. The Morgan fingerprint density at radius 1 is 0.370 bits per heavy atom. The lowest BCUT2D eigenvalue weighted by Gasteiger charge is -2.26. The quantitative estimate of drug-likeness (QED) is 0.0195. The zero-order valence-corrected chi connectivity index (χ0v) is 52.4. The van der Waals surface area contributed by atoms with Crippen molar-refractivity contribution >= 4 is 17.9 Å². The first-order valence-corrected chi connectivity index (χ1v) is 32.3. The normalized spacial score (nSPS) is 13.6. The average molecular weight is 1130 g/mol. The number of allylic oxidation sites excluding steroid dienone is 22. The first kappa shape index (κ1) is 76.4. The Bertz CT molecular complexity index is 1790. The molecule has 0 aromatic heterocycles. The summed E-state index contributed by atoms with van der Waals surface area (Å²) in [6.07, 6.45) is 85.2. The van der Waals surface area contributed by atoms with Crippen molar-refractivity contribution in [1.82, 2.24) is 0 Å². The van der Waals surface area contributed by atoms with Gasteiger partial charge in [0.05, 0.1) is 40.3 Å². The number of carboxylic acids is 1. The molecule has 0 fully saturated rings. The summed E-state index contributed by atoms with van der Waals surface area (Å²) in [7, 11) is 5.91. The molecule has 0 heterocycles. The molecule has 0 radical (unpaired) electrons. The van der Waals surface area contributed by atoms with Crippen LogP contribution >= 0.6 is 0 Å². The van der Waals surface area contributed by atoms with E-state index in [0.717, 1.165) is 122 Å². The van der Waals surface area contributed by atoms with Crippen molar-refractivity contribution < 1.29 is 42.9 Å². The number of esters is 2. The molecule has 0 aliphatic carbocycles. The molecular weight excluding hydrogens is 1010 g/mol. The van der Waals surface area contributed by atoms with Gasteiger partial charge in [-0.15, -0.1) is 0 Å². The van der Waals surface area contributed by atoms with Crippen LogP contribution in [0.4, 0.5) is 0 Å². The zero-order valence-electron chi connectivity index (χ0n) is 52.4. The number of ether oxygens (including phenoxy) is 4. The zero-order chi connectivity index (χ0) is 59.1. The topological polar surface area (TPSA) is 111 Å². The van der Waals surface area contributed by atoms with Gasteiger partial charge in [0.2, 0.25) is 0 Å². The number of aliphatic carboxylic acids is 1. The molecule has 0 bridgehead atoms. The molecule has 0 aliphatic rings. The van der Waals surface area contributed by atoms with Gasteiger partial charge in [-0.1, -0.05) is 257 Å². The van der Waals surface area contributed by atoms with E-state index in [4.69, 9.17) is 18.9 Å². The van der Waals surface area contributed by atoms with Gasteiger partial charge in [0.1, 0.15) is 13.2 Å². The van der Waals surface area contributed by atoms with E-state index in [1.54, 1.807) is 0 Å². The van der Waals surface area contributed by atoms with Crippen molar-refractivity contribution in [3.05, 3.63) is 134 Å². The molecule has 2 unspecified atom stereocenters. The Morgan fingerprint density at radius 2 is 0.667 bits per heavy atom. The molecule has 460 valence electrons. The molecule has 0 aromatic rings. The Labute approximate surface area is 497 Å². The summed E-state index contributed by atoms with van der Waals surface area (Å²) in [5.74, 6) is -2.30.